The van der Waals surface area contributed by atoms with Crippen LogP contribution in [0.3, 0.4) is 0 Å². The van der Waals surface area contributed by atoms with Gasteiger partial charge in [0.05, 0.1) is 11.7 Å². The summed E-state index contributed by atoms with van der Waals surface area (Å²) in [5.74, 6) is 0. The van der Waals surface area contributed by atoms with Crippen molar-refractivity contribution in [1.82, 2.24) is 15.1 Å². The number of thioether (sulfide) groups is 1. The zero-order valence-electron chi connectivity index (χ0n) is 11.9. The first kappa shape index (κ1) is 13.9. The Balaban J connectivity index is 1.82. The van der Waals surface area contributed by atoms with Crippen LogP contribution in [0.25, 0.3) is 0 Å². The van der Waals surface area contributed by atoms with Crippen LogP contribution in [0, 0.1) is 0 Å². The van der Waals surface area contributed by atoms with E-state index in [4.69, 9.17) is 0 Å². The summed E-state index contributed by atoms with van der Waals surface area (Å²) in [6.45, 7) is 7.48. The predicted molar refractivity (Wildman–Crippen MR) is 79.0 cm³/mol. The molecule has 1 aliphatic rings. The van der Waals surface area contributed by atoms with Gasteiger partial charge in [-0.2, -0.15) is 16.9 Å². The Morgan fingerprint density at radius 3 is 2.78 bits per heavy atom. The molecule has 0 radical (unpaired) electrons. The summed E-state index contributed by atoms with van der Waals surface area (Å²) in [5, 5.41) is 8.96. The normalized spacial score (nSPS) is 24.7. The zero-order chi connectivity index (χ0) is 13.2. The van der Waals surface area contributed by atoms with Crippen LogP contribution in [-0.2, 0) is 12.1 Å². The highest BCUT2D eigenvalue weighted by molar-refractivity contribution is 7.99. The lowest BCUT2D eigenvalue weighted by Gasteiger charge is -2.18. The van der Waals surface area contributed by atoms with Crippen molar-refractivity contribution in [2.24, 2.45) is 0 Å². The van der Waals surface area contributed by atoms with Gasteiger partial charge in [-0.3, -0.25) is 4.68 Å². The van der Waals surface area contributed by atoms with E-state index in [1.165, 1.54) is 24.8 Å². The predicted octanol–water partition coefficient (Wildman–Crippen LogP) is 3.01. The van der Waals surface area contributed by atoms with Crippen molar-refractivity contribution in [3.8, 4) is 0 Å². The van der Waals surface area contributed by atoms with Gasteiger partial charge in [-0.15, -0.1) is 0 Å². The molecule has 1 aliphatic carbocycles. The van der Waals surface area contributed by atoms with Crippen LogP contribution in [0.15, 0.2) is 12.4 Å². The van der Waals surface area contributed by atoms with Gasteiger partial charge in [0.2, 0.25) is 0 Å². The third kappa shape index (κ3) is 3.51. The summed E-state index contributed by atoms with van der Waals surface area (Å²) in [6, 6.07) is 0.695. The Bertz CT molecular complexity index is 381. The monoisotopic (exact) mass is 267 g/mol. The quantitative estimate of drug-likeness (QED) is 0.909. The number of aromatic nitrogens is 2. The largest absolute Gasteiger partial charge is 0.310 e. The second-order valence-corrected chi connectivity index (χ2v) is 7.35. The first-order valence-corrected chi connectivity index (χ1v) is 8.08. The summed E-state index contributed by atoms with van der Waals surface area (Å²) >= 11 is 2.01. The average Bonchev–Trinajstić information content (AvgIpc) is 2.94. The maximum Gasteiger partial charge on any atom is 0.0543 e. The third-order valence-corrected chi connectivity index (χ3v) is 4.73. The van der Waals surface area contributed by atoms with Crippen LogP contribution in [-0.4, -0.2) is 27.3 Å². The van der Waals surface area contributed by atoms with Gasteiger partial charge in [0.25, 0.3) is 0 Å². The van der Waals surface area contributed by atoms with Gasteiger partial charge in [-0.05, 0) is 46.3 Å². The molecule has 0 spiro atoms. The van der Waals surface area contributed by atoms with E-state index < -0.39 is 0 Å². The fraction of sp³-hybridized carbons (Fsp3) is 0.786. The Hall–Kier alpha value is -0.480. The third-order valence-electron chi connectivity index (χ3n) is 3.64. The Morgan fingerprint density at radius 1 is 1.44 bits per heavy atom. The molecule has 102 valence electrons. The number of hydrogen-bond acceptors (Lipinski definition) is 3. The van der Waals surface area contributed by atoms with Gasteiger partial charge < -0.3 is 5.32 Å². The first-order valence-electron chi connectivity index (χ1n) is 6.79. The lowest BCUT2D eigenvalue weighted by atomic mass is 10.1. The number of rotatable bonds is 4. The molecule has 0 aromatic carbocycles. The van der Waals surface area contributed by atoms with Crippen molar-refractivity contribution >= 4 is 11.8 Å². The summed E-state index contributed by atoms with van der Waals surface area (Å²) in [6.07, 6.45) is 10.4. The summed E-state index contributed by atoms with van der Waals surface area (Å²) in [7, 11) is 0. The summed E-state index contributed by atoms with van der Waals surface area (Å²) in [5.41, 5.74) is 1.37. The van der Waals surface area contributed by atoms with Crippen molar-refractivity contribution in [2.45, 2.75) is 63.4 Å². The van der Waals surface area contributed by atoms with Crippen LogP contribution in [0.2, 0.25) is 0 Å². The molecule has 0 amide bonds. The molecule has 0 bridgehead atoms. The van der Waals surface area contributed by atoms with E-state index in [-0.39, 0.29) is 5.54 Å². The SMILES string of the molecule is CSC1CCC(NCc2cnn(C(C)(C)C)c2)C1. The fourth-order valence-electron chi connectivity index (χ4n) is 2.42. The van der Waals surface area contributed by atoms with E-state index in [1.54, 1.807) is 0 Å². The van der Waals surface area contributed by atoms with Crippen LogP contribution in [0.4, 0.5) is 0 Å². The molecule has 4 heteroatoms. The van der Waals surface area contributed by atoms with Gasteiger partial charge in [-0.25, -0.2) is 0 Å². The second kappa shape index (κ2) is 5.66. The van der Waals surface area contributed by atoms with E-state index in [0.29, 0.717) is 6.04 Å². The van der Waals surface area contributed by atoms with E-state index in [0.717, 1.165) is 11.8 Å². The molecule has 1 aromatic rings. The van der Waals surface area contributed by atoms with Crippen LogP contribution >= 0.6 is 11.8 Å². The van der Waals surface area contributed by atoms with Gasteiger partial charge in [0.15, 0.2) is 0 Å². The Morgan fingerprint density at radius 2 is 2.22 bits per heavy atom. The fourth-order valence-corrected chi connectivity index (χ4v) is 3.22. The van der Waals surface area contributed by atoms with E-state index >= 15 is 0 Å². The van der Waals surface area contributed by atoms with Gasteiger partial charge >= 0.3 is 0 Å². The molecule has 1 heterocycles. The number of nitrogens with one attached hydrogen (secondary N) is 1. The average molecular weight is 267 g/mol. The van der Waals surface area contributed by atoms with Crippen molar-refractivity contribution in [3.05, 3.63) is 18.0 Å². The standard InChI is InChI=1S/C14H25N3S/c1-14(2,3)17-10-11(9-16-17)8-15-12-5-6-13(7-12)18-4/h9-10,12-13,15H,5-8H2,1-4H3. The van der Waals surface area contributed by atoms with Crippen molar-refractivity contribution < 1.29 is 0 Å². The topological polar surface area (TPSA) is 29.9 Å². The van der Waals surface area contributed by atoms with Gasteiger partial charge in [0.1, 0.15) is 0 Å². The highest BCUT2D eigenvalue weighted by atomic mass is 32.2. The van der Waals surface area contributed by atoms with Gasteiger partial charge in [0, 0.05) is 29.6 Å². The van der Waals surface area contributed by atoms with Crippen LogP contribution < -0.4 is 5.32 Å². The molecule has 0 aliphatic heterocycles. The summed E-state index contributed by atoms with van der Waals surface area (Å²) in [4.78, 5) is 0. The number of hydrogen-bond donors (Lipinski definition) is 1. The lowest BCUT2D eigenvalue weighted by Crippen LogP contribution is -2.26. The molecular weight excluding hydrogens is 242 g/mol. The van der Waals surface area contributed by atoms with Crippen LogP contribution in [0.1, 0.15) is 45.6 Å². The molecule has 1 saturated carbocycles. The maximum absolute atomic E-state index is 4.44. The van der Waals surface area contributed by atoms with E-state index in [2.05, 4.69) is 43.6 Å². The highest BCUT2D eigenvalue weighted by Crippen LogP contribution is 2.28. The zero-order valence-corrected chi connectivity index (χ0v) is 12.8. The van der Waals surface area contributed by atoms with Crippen LogP contribution in [0.5, 0.6) is 0 Å². The minimum Gasteiger partial charge on any atom is -0.310 e. The molecule has 0 saturated heterocycles. The minimum atomic E-state index is 0.0789. The molecule has 2 atom stereocenters. The van der Waals surface area contributed by atoms with E-state index in [1.807, 2.05) is 22.6 Å². The van der Waals surface area contributed by atoms with E-state index in [9.17, 15) is 0 Å². The smallest absolute Gasteiger partial charge is 0.0543 e. The Kier molecular flexibility index (Phi) is 4.38. The summed E-state index contributed by atoms with van der Waals surface area (Å²) < 4.78 is 2.05. The molecule has 2 rings (SSSR count). The molecule has 1 fully saturated rings. The molecular formula is C14H25N3S. The minimum absolute atomic E-state index is 0.0789. The molecule has 2 unspecified atom stereocenters. The molecule has 1 aromatic heterocycles. The Labute approximate surface area is 115 Å². The maximum atomic E-state index is 4.44. The van der Waals surface area contributed by atoms with Crippen molar-refractivity contribution in [3.63, 3.8) is 0 Å². The van der Waals surface area contributed by atoms with Crippen molar-refractivity contribution in [1.29, 1.82) is 0 Å². The molecule has 3 nitrogen and oxygen atoms in total. The highest BCUT2D eigenvalue weighted by Gasteiger charge is 2.23. The second-order valence-electron chi connectivity index (χ2n) is 6.21. The number of nitrogens with zero attached hydrogens (tertiary/aromatic N) is 2. The lowest BCUT2D eigenvalue weighted by molar-refractivity contribution is 0.355. The van der Waals surface area contributed by atoms with Gasteiger partial charge in [-0.1, -0.05) is 0 Å². The molecule has 18 heavy (non-hydrogen) atoms. The molecule has 1 N–H and O–H groups in total. The van der Waals surface area contributed by atoms with Crippen molar-refractivity contribution in [2.75, 3.05) is 6.26 Å². The first-order chi connectivity index (χ1) is 8.49.